The molecular formula is C15H18BrF3N2. The Morgan fingerprint density at radius 2 is 1.86 bits per heavy atom. The van der Waals surface area contributed by atoms with Crippen LogP contribution in [0.3, 0.4) is 0 Å². The van der Waals surface area contributed by atoms with Gasteiger partial charge in [-0.15, -0.1) is 0 Å². The molecule has 2 atom stereocenters. The summed E-state index contributed by atoms with van der Waals surface area (Å²) in [6.45, 7) is 2.53. The average molecular weight is 363 g/mol. The van der Waals surface area contributed by atoms with E-state index in [1.54, 1.807) is 0 Å². The van der Waals surface area contributed by atoms with Gasteiger partial charge in [-0.3, -0.25) is 4.90 Å². The predicted molar refractivity (Wildman–Crippen MR) is 80.9 cm³/mol. The van der Waals surface area contributed by atoms with Crippen molar-refractivity contribution >= 4 is 15.9 Å². The zero-order valence-electron chi connectivity index (χ0n) is 11.7. The fraction of sp³-hybridized carbons (Fsp3) is 0.467. The number of hydrogen-bond acceptors (Lipinski definition) is 2. The second kappa shape index (κ2) is 6.50. The third-order valence-electron chi connectivity index (χ3n) is 3.71. The minimum Gasteiger partial charge on any atom is -0.326 e. The molecule has 0 aliphatic carbocycles. The molecule has 0 saturated heterocycles. The maximum Gasteiger partial charge on any atom is 0.412 e. The number of halogens is 4. The molecule has 1 aromatic rings. The van der Waals surface area contributed by atoms with Crippen molar-refractivity contribution in [1.82, 2.24) is 4.90 Å². The van der Waals surface area contributed by atoms with E-state index in [2.05, 4.69) is 15.9 Å². The van der Waals surface area contributed by atoms with Crippen LogP contribution in [-0.2, 0) is 0 Å². The number of nitrogens with two attached hydrogens (primary N) is 1. The maximum absolute atomic E-state index is 12.7. The molecule has 0 amide bonds. The Labute approximate surface area is 130 Å². The molecule has 6 heteroatoms. The lowest BCUT2D eigenvalue weighted by molar-refractivity contribution is -0.0965. The molecule has 116 valence electrons. The van der Waals surface area contributed by atoms with E-state index in [4.69, 9.17) is 5.73 Å². The lowest BCUT2D eigenvalue weighted by atomic mass is 9.96. The number of hydrogen-bond donors (Lipinski definition) is 1. The highest BCUT2D eigenvalue weighted by Crippen LogP contribution is 2.33. The van der Waals surface area contributed by atoms with Crippen molar-refractivity contribution in [1.29, 1.82) is 0 Å². The van der Waals surface area contributed by atoms with Crippen LogP contribution in [-0.4, -0.2) is 30.2 Å². The molecule has 0 spiro atoms. The standard InChI is InChI=1S/C15H18BrF3N2/c1-10(20)14(11-2-4-13(16)5-3-11)21-8-6-12(7-9-21)15(17,18)19/h2-6,10,14H,7-9,20H2,1H3. The van der Waals surface area contributed by atoms with Crippen molar-refractivity contribution in [2.24, 2.45) is 5.73 Å². The third kappa shape index (κ3) is 4.08. The molecule has 2 unspecified atom stereocenters. The molecule has 1 aliphatic rings. The Balaban J connectivity index is 2.18. The monoisotopic (exact) mass is 362 g/mol. The summed E-state index contributed by atoms with van der Waals surface area (Å²) in [6, 6.07) is 7.52. The van der Waals surface area contributed by atoms with Gasteiger partial charge in [-0.1, -0.05) is 34.1 Å². The minimum absolute atomic E-state index is 0.0171. The van der Waals surface area contributed by atoms with E-state index >= 15 is 0 Å². The van der Waals surface area contributed by atoms with Crippen LogP contribution < -0.4 is 5.73 Å². The van der Waals surface area contributed by atoms with Crippen molar-refractivity contribution in [3.05, 3.63) is 46.0 Å². The highest BCUT2D eigenvalue weighted by molar-refractivity contribution is 9.10. The van der Waals surface area contributed by atoms with Crippen LogP contribution in [0.2, 0.25) is 0 Å². The highest BCUT2D eigenvalue weighted by atomic mass is 79.9. The highest BCUT2D eigenvalue weighted by Gasteiger charge is 2.36. The van der Waals surface area contributed by atoms with Crippen LogP contribution in [0.25, 0.3) is 0 Å². The Kier molecular flexibility index (Phi) is 5.11. The number of rotatable bonds is 3. The van der Waals surface area contributed by atoms with Gasteiger partial charge in [0.25, 0.3) is 0 Å². The van der Waals surface area contributed by atoms with E-state index in [-0.39, 0.29) is 25.0 Å². The van der Waals surface area contributed by atoms with Crippen molar-refractivity contribution in [3.63, 3.8) is 0 Å². The molecular weight excluding hydrogens is 345 g/mol. The fourth-order valence-corrected chi connectivity index (χ4v) is 2.97. The van der Waals surface area contributed by atoms with E-state index in [1.165, 1.54) is 6.08 Å². The molecule has 1 heterocycles. The van der Waals surface area contributed by atoms with Gasteiger partial charge in [0.1, 0.15) is 0 Å². The molecule has 1 aliphatic heterocycles. The van der Waals surface area contributed by atoms with E-state index in [1.807, 2.05) is 36.1 Å². The molecule has 0 radical (unpaired) electrons. The fourth-order valence-electron chi connectivity index (χ4n) is 2.70. The van der Waals surface area contributed by atoms with Gasteiger partial charge >= 0.3 is 6.18 Å². The van der Waals surface area contributed by atoms with Gasteiger partial charge in [0.05, 0.1) is 0 Å². The van der Waals surface area contributed by atoms with Crippen molar-refractivity contribution < 1.29 is 13.2 Å². The van der Waals surface area contributed by atoms with Crippen LogP contribution in [0, 0.1) is 0 Å². The zero-order chi connectivity index (χ0) is 15.6. The summed E-state index contributed by atoms with van der Waals surface area (Å²) in [5, 5.41) is 0. The lowest BCUT2D eigenvalue weighted by Crippen LogP contribution is -2.42. The van der Waals surface area contributed by atoms with Gasteiger partial charge in [0, 0.05) is 35.2 Å². The summed E-state index contributed by atoms with van der Waals surface area (Å²) in [4.78, 5) is 2.00. The smallest absolute Gasteiger partial charge is 0.326 e. The normalized spacial score (nSPS) is 20.0. The molecule has 2 N–H and O–H groups in total. The summed E-state index contributed by atoms with van der Waals surface area (Å²) in [6.07, 6.45) is -2.92. The van der Waals surface area contributed by atoms with Crippen LogP contribution in [0.15, 0.2) is 40.4 Å². The van der Waals surface area contributed by atoms with E-state index in [0.717, 1.165) is 10.0 Å². The van der Waals surface area contributed by atoms with Crippen molar-refractivity contribution in [2.75, 3.05) is 13.1 Å². The van der Waals surface area contributed by atoms with Gasteiger partial charge < -0.3 is 5.73 Å². The average Bonchev–Trinajstić information content (AvgIpc) is 2.40. The third-order valence-corrected chi connectivity index (χ3v) is 4.24. The van der Waals surface area contributed by atoms with E-state index in [0.29, 0.717) is 6.54 Å². The first-order valence-corrected chi connectivity index (χ1v) is 7.59. The maximum atomic E-state index is 12.7. The minimum atomic E-state index is -4.21. The Morgan fingerprint density at radius 3 is 2.29 bits per heavy atom. The largest absolute Gasteiger partial charge is 0.412 e. The molecule has 1 aromatic carbocycles. The second-order valence-corrected chi connectivity index (χ2v) is 6.24. The first-order chi connectivity index (χ1) is 9.79. The Morgan fingerprint density at radius 1 is 1.24 bits per heavy atom. The van der Waals surface area contributed by atoms with Gasteiger partial charge in [-0.05, 0) is 31.0 Å². The second-order valence-electron chi connectivity index (χ2n) is 5.33. The van der Waals surface area contributed by atoms with Crippen LogP contribution in [0.4, 0.5) is 13.2 Å². The van der Waals surface area contributed by atoms with E-state index < -0.39 is 11.7 Å². The van der Waals surface area contributed by atoms with Gasteiger partial charge in [0.2, 0.25) is 0 Å². The van der Waals surface area contributed by atoms with Gasteiger partial charge in [-0.2, -0.15) is 13.2 Å². The predicted octanol–water partition coefficient (Wildman–Crippen LogP) is 4.03. The first kappa shape index (κ1) is 16.5. The molecule has 0 bridgehead atoms. The number of alkyl halides is 3. The quantitative estimate of drug-likeness (QED) is 0.822. The van der Waals surface area contributed by atoms with E-state index in [9.17, 15) is 13.2 Å². The molecule has 2 rings (SSSR count). The van der Waals surface area contributed by atoms with Gasteiger partial charge in [-0.25, -0.2) is 0 Å². The van der Waals surface area contributed by atoms with Crippen LogP contribution in [0.1, 0.15) is 24.9 Å². The van der Waals surface area contributed by atoms with Crippen molar-refractivity contribution in [2.45, 2.75) is 31.6 Å². The summed E-state index contributed by atoms with van der Waals surface area (Å²) < 4.78 is 39.0. The Bertz CT molecular complexity index is 509. The molecule has 21 heavy (non-hydrogen) atoms. The number of benzene rings is 1. The molecule has 0 fully saturated rings. The summed E-state index contributed by atoms with van der Waals surface area (Å²) >= 11 is 3.38. The molecule has 0 aromatic heterocycles. The first-order valence-electron chi connectivity index (χ1n) is 6.80. The molecule has 2 nitrogen and oxygen atoms in total. The lowest BCUT2D eigenvalue weighted by Gasteiger charge is -2.36. The SMILES string of the molecule is CC(N)C(c1ccc(Br)cc1)N1CC=C(C(F)(F)F)CC1. The number of nitrogens with zero attached hydrogens (tertiary/aromatic N) is 1. The van der Waals surface area contributed by atoms with Crippen molar-refractivity contribution in [3.8, 4) is 0 Å². The van der Waals surface area contributed by atoms with Gasteiger partial charge in [0.15, 0.2) is 0 Å². The summed E-state index contributed by atoms with van der Waals surface area (Å²) in [5.41, 5.74) is 6.65. The molecule has 0 saturated carbocycles. The van der Waals surface area contributed by atoms with Crippen LogP contribution >= 0.6 is 15.9 Å². The Hall–Kier alpha value is -0.850. The van der Waals surface area contributed by atoms with Crippen LogP contribution in [0.5, 0.6) is 0 Å². The summed E-state index contributed by atoms with van der Waals surface area (Å²) in [5.74, 6) is 0. The zero-order valence-corrected chi connectivity index (χ0v) is 13.3. The summed E-state index contributed by atoms with van der Waals surface area (Å²) in [7, 11) is 0. The topological polar surface area (TPSA) is 29.3 Å².